The van der Waals surface area contributed by atoms with Crippen LogP contribution in [0.3, 0.4) is 0 Å². The van der Waals surface area contributed by atoms with Gasteiger partial charge in [0.25, 0.3) is 0 Å². The summed E-state index contributed by atoms with van der Waals surface area (Å²) in [6.45, 7) is 5.37. The Bertz CT molecular complexity index is 564. The first-order valence-corrected chi connectivity index (χ1v) is 7.86. The van der Waals surface area contributed by atoms with Crippen LogP contribution in [-0.4, -0.2) is 23.8 Å². The summed E-state index contributed by atoms with van der Waals surface area (Å²) in [4.78, 5) is 11.7. The molecule has 0 radical (unpaired) electrons. The fourth-order valence-corrected chi connectivity index (χ4v) is 2.57. The highest BCUT2D eigenvalue weighted by atomic mass is 19.4. The van der Waals surface area contributed by atoms with E-state index in [1.54, 1.807) is 20.8 Å². The second-order valence-corrected chi connectivity index (χ2v) is 6.92. The van der Waals surface area contributed by atoms with Gasteiger partial charge in [-0.3, -0.25) is 0 Å². The maximum absolute atomic E-state index is 12.5. The van der Waals surface area contributed by atoms with Crippen LogP contribution in [0.4, 0.5) is 18.0 Å². The summed E-state index contributed by atoms with van der Waals surface area (Å²) >= 11 is 0. The number of carbonyl (C=O) groups is 1. The summed E-state index contributed by atoms with van der Waals surface area (Å²) in [5.74, 6) is 0.394. The zero-order chi connectivity index (χ0) is 18.0. The third kappa shape index (κ3) is 5.62. The van der Waals surface area contributed by atoms with Crippen LogP contribution < -0.4 is 10.1 Å². The topological polar surface area (TPSA) is 47.6 Å². The molecular formula is C17H22F3NO3. The molecule has 24 heavy (non-hydrogen) atoms. The van der Waals surface area contributed by atoms with E-state index in [2.05, 4.69) is 5.32 Å². The molecule has 134 valence electrons. The van der Waals surface area contributed by atoms with Crippen molar-refractivity contribution < 1.29 is 27.4 Å². The number of halogens is 3. The van der Waals surface area contributed by atoms with Gasteiger partial charge in [0.15, 0.2) is 0 Å². The molecule has 1 N–H and O–H groups in total. The minimum atomic E-state index is -4.35. The summed E-state index contributed by atoms with van der Waals surface area (Å²) in [5.41, 5.74) is -1.26. The molecule has 1 fully saturated rings. The second-order valence-electron chi connectivity index (χ2n) is 6.92. The van der Waals surface area contributed by atoms with Crippen molar-refractivity contribution in [3.05, 3.63) is 29.8 Å². The quantitative estimate of drug-likeness (QED) is 0.875. The Kier molecular flexibility index (Phi) is 5.30. The number of ether oxygens (including phenoxy) is 2. The monoisotopic (exact) mass is 345 g/mol. The van der Waals surface area contributed by atoms with E-state index in [1.807, 2.05) is 0 Å². The summed E-state index contributed by atoms with van der Waals surface area (Å²) in [7, 11) is 0. The first-order valence-electron chi connectivity index (χ1n) is 7.86. The summed E-state index contributed by atoms with van der Waals surface area (Å²) in [5, 5.41) is 2.79. The molecule has 2 unspecified atom stereocenters. The van der Waals surface area contributed by atoms with E-state index < -0.39 is 23.4 Å². The number of nitrogens with one attached hydrogen (secondary N) is 1. The van der Waals surface area contributed by atoms with E-state index in [9.17, 15) is 18.0 Å². The van der Waals surface area contributed by atoms with Crippen LogP contribution in [-0.2, 0) is 10.9 Å². The molecule has 0 saturated heterocycles. The van der Waals surface area contributed by atoms with Gasteiger partial charge in [-0.2, -0.15) is 13.2 Å². The minimum Gasteiger partial charge on any atom is -0.490 e. The SMILES string of the molecule is CC(C)(C)OC(=O)NC1CCC(Oc2ccc(C(F)(F)F)cc2)C1. The third-order valence-electron chi connectivity index (χ3n) is 3.59. The average molecular weight is 345 g/mol. The second kappa shape index (κ2) is 6.91. The Labute approximate surface area is 139 Å². The Morgan fingerprint density at radius 2 is 1.75 bits per heavy atom. The van der Waals surface area contributed by atoms with Gasteiger partial charge in [-0.05, 0) is 57.9 Å². The van der Waals surface area contributed by atoms with Gasteiger partial charge in [0.1, 0.15) is 17.5 Å². The van der Waals surface area contributed by atoms with Gasteiger partial charge in [0, 0.05) is 12.5 Å². The number of rotatable bonds is 3. The molecule has 4 nitrogen and oxygen atoms in total. The summed E-state index contributed by atoms with van der Waals surface area (Å²) < 4.78 is 48.5. The molecule has 0 aliphatic heterocycles. The maximum Gasteiger partial charge on any atom is 0.416 e. The Morgan fingerprint density at radius 1 is 1.12 bits per heavy atom. The van der Waals surface area contributed by atoms with E-state index in [4.69, 9.17) is 9.47 Å². The number of amides is 1. The van der Waals surface area contributed by atoms with Crippen LogP contribution in [0.1, 0.15) is 45.6 Å². The van der Waals surface area contributed by atoms with Crippen molar-refractivity contribution in [2.45, 2.75) is 64.0 Å². The van der Waals surface area contributed by atoms with Crippen LogP contribution in [0.5, 0.6) is 5.75 Å². The van der Waals surface area contributed by atoms with Crippen LogP contribution in [0, 0.1) is 0 Å². The van der Waals surface area contributed by atoms with Crippen molar-refractivity contribution in [1.82, 2.24) is 5.32 Å². The number of alkyl carbamates (subject to hydrolysis) is 1. The molecular weight excluding hydrogens is 323 g/mol. The largest absolute Gasteiger partial charge is 0.490 e. The molecule has 1 aliphatic rings. The van der Waals surface area contributed by atoms with Crippen molar-refractivity contribution >= 4 is 6.09 Å². The Hall–Kier alpha value is -1.92. The normalized spacial score (nSPS) is 21.4. The van der Waals surface area contributed by atoms with Crippen molar-refractivity contribution in [2.24, 2.45) is 0 Å². The Balaban J connectivity index is 1.82. The first kappa shape index (κ1) is 18.4. The zero-order valence-electron chi connectivity index (χ0n) is 13.9. The molecule has 0 spiro atoms. The molecule has 2 atom stereocenters. The fraction of sp³-hybridized carbons (Fsp3) is 0.588. The molecule has 0 aromatic heterocycles. The molecule has 7 heteroatoms. The van der Waals surface area contributed by atoms with Gasteiger partial charge in [0.05, 0.1) is 5.56 Å². The molecule has 1 aromatic rings. The van der Waals surface area contributed by atoms with Crippen LogP contribution in [0.15, 0.2) is 24.3 Å². The molecule has 1 aliphatic carbocycles. The standard InChI is InChI=1S/C17H22F3NO3/c1-16(2,3)24-15(22)21-12-6-9-14(10-12)23-13-7-4-11(5-8-13)17(18,19)20/h4-5,7-8,12,14H,6,9-10H2,1-3H3,(H,21,22). The van der Waals surface area contributed by atoms with E-state index >= 15 is 0 Å². The van der Waals surface area contributed by atoms with Gasteiger partial charge in [0.2, 0.25) is 0 Å². The molecule has 1 saturated carbocycles. The number of hydrogen-bond acceptors (Lipinski definition) is 3. The van der Waals surface area contributed by atoms with Crippen molar-refractivity contribution in [3.63, 3.8) is 0 Å². The Morgan fingerprint density at radius 3 is 2.29 bits per heavy atom. The highest BCUT2D eigenvalue weighted by Crippen LogP contribution is 2.31. The van der Waals surface area contributed by atoms with E-state index in [-0.39, 0.29) is 12.1 Å². The number of carbonyl (C=O) groups excluding carboxylic acids is 1. The summed E-state index contributed by atoms with van der Waals surface area (Å²) in [6.07, 6.45) is -2.90. The molecule has 0 bridgehead atoms. The lowest BCUT2D eigenvalue weighted by Crippen LogP contribution is -2.38. The van der Waals surface area contributed by atoms with Crippen molar-refractivity contribution in [1.29, 1.82) is 0 Å². The highest BCUT2D eigenvalue weighted by molar-refractivity contribution is 5.68. The highest BCUT2D eigenvalue weighted by Gasteiger charge is 2.31. The van der Waals surface area contributed by atoms with Crippen molar-refractivity contribution in [3.8, 4) is 5.75 Å². The maximum atomic E-state index is 12.5. The molecule has 1 amide bonds. The third-order valence-corrected chi connectivity index (χ3v) is 3.59. The lowest BCUT2D eigenvalue weighted by atomic mass is 10.2. The van der Waals surface area contributed by atoms with Gasteiger partial charge in [-0.1, -0.05) is 0 Å². The van der Waals surface area contributed by atoms with E-state index in [1.165, 1.54) is 12.1 Å². The van der Waals surface area contributed by atoms with Gasteiger partial charge in [-0.25, -0.2) is 4.79 Å². The zero-order valence-corrected chi connectivity index (χ0v) is 13.9. The lowest BCUT2D eigenvalue weighted by Gasteiger charge is -2.21. The van der Waals surface area contributed by atoms with Gasteiger partial charge in [-0.15, -0.1) is 0 Å². The van der Waals surface area contributed by atoms with Gasteiger partial charge >= 0.3 is 12.3 Å². The average Bonchev–Trinajstić information content (AvgIpc) is 2.83. The van der Waals surface area contributed by atoms with Crippen LogP contribution in [0.25, 0.3) is 0 Å². The van der Waals surface area contributed by atoms with Crippen LogP contribution >= 0.6 is 0 Å². The molecule has 1 aromatic carbocycles. The number of benzene rings is 1. The summed E-state index contributed by atoms with van der Waals surface area (Å²) in [6, 6.07) is 4.58. The molecule has 0 heterocycles. The van der Waals surface area contributed by atoms with Crippen LogP contribution in [0.2, 0.25) is 0 Å². The first-order chi connectivity index (χ1) is 11.0. The van der Waals surface area contributed by atoms with Gasteiger partial charge < -0.3 is 14.8 Å². The van der Waals surface area contributed by atoms with E-state index in [0.29, 0.717) is 12.2 Å². The molecule has 2 rings (SSSR count). The van der Waals surface area contributed by atoms with E-state index in [0.717, 1.165) is 25.0 Å². The number of alkyl halides is 3. The number of hydrogen-bond donors (Lipinski definition) is 1. The lowest BCUT2D eigenvalue weighted by molar-refractivity contribution is -0.137. The predicted molar refractivity (Wildman–Crippen MR) is 82.9 cm³/mol. The fourth-order valence-electron chi connectivity index (χ4n) is 2.57. The van der Waals surface area contributed by atoms with Crippen molar-refractivity contribution in [2.75, 3.05) is 0 Å². The smallest absolute Gasteiger partial charge is 0.416 e. The minimum absolute atomic E-state index is 0.0562. The predicted octanol–water partition coefficient (Wildman–Crippen LogP) is 4.53.